The molecule has 0 aliphatic heterocycles. The number of aromatic nitrogens is 1. The Morgan fingerprint density at radius 2 is 1.59 bits per heavy atom. The van der Waals surface area contributed by atoms with Crippen molar-refractivity contribution in [1.29, 1.82) is 0 Å². The lowest BCUT2D eigenvalue weighted by Crippen LogP contribution is -2.56. The first-order valence-electron chi connectivity index (χ1n) is 13.1. The molecule has 5 aromatic rings. The van der Waals surface area contributed by atoms with Crippen molar-refractivity contribution < 1.29 is 25.1 Å². The van der Waals surface area contributed by atoms with Crippen molar-refractivity contribution in [2.45, 2.75) is 31.9 Å². The Morgan fingerprint density at radius 1 is 0.923 bits per heavy atom. The second-order valence-electron chi connectivity index (χ2n) is 10.4. The molecule has 0 radical (unpaired) electrons. The van der Waals surface area contributed by atoms with Gasteiger partial charge in [-0.3, -0.25) is 5.73 Å². The van der Waals surface area contributed by atoms with Crippen LogP contribution >= 0.6 is 0 Å². The van der Waals surface area contributed by atoms with E-state index in [1.807, 2.05) is 60.7 Å². The highest BCUT2D eigenvalue weighted by Crippen LogP contribution is 2.33. The van der Waals surface area contributed by atoms with Crippen LogP contribution in [-0.2, 0) is 6.42 Å². The molecular weight excluding hydrogens is 490 g/mol. The summed E-state index contributed by atoms with van der Waals surface area (Å²) >= 11 is 0. The molecule has 0 aliphatic carbocycles. The molecule has 0 fully saturated rings. The average molecular weight is 525 g/mol. The van der Waals surface area contributed by atoms with Crippen molar-refractivity contribution in [3.05, 3.63) is 102 Å². The molecule has 0 saturated carbocycles. The molecule has 7 nitrogen and oxygen atoms in total. The van der Waals surface area contributed by atoms with Gasteiger partial charge in [0.25, 0.3) is 0 Å². The maximum Gasteiger partial charge on any atom is 0.340 e. The molecule has 1 heterocycles. The minimum atomic E-state index is -0.661. The highest BCUT2D eigenvalue weighted by atomic mass is 16.5. The first-order chi connectivity index (χ1) is 18.8. The number of rotatable bonds is 11. The Morgan fingerprint density at radius 3 is 2.31 bits per heavy atom. The number of hydrogen-bond donors (Lipinski definition) is 4. The van der Waals surface area contributed by atoms with E-state index in [-0.39, 0.29) is 18.1 Å². The molecule has 1 unspecified atom stereocenters. The van der Waals surface area contributed by atoms with Crippen LogP contribution < -0.4 is 20.5 Å². The molecule has 5 rings (SSSR count). The minimum absolute atomic E-state index is 0.192. The van der Waals surface area contributed by atoms with Crippen LogP contribution in [0.25, 0.3) is 21.8 Å². The zero-order chi connectivity index (χ0) is 27.4. The third kappa shape index (κ3) is 6.46. The van der Waals surface area contributed by atoms with Crippen molar-refractivity contribution in [2.24, 2.45) is 0 Å². The van der Waals surface area contributed by atoms with Gasteiger partial charge in [-0.1, -0.05) is 36.4 Å². The highest BCUT2D eigenvalue weighted by Gasteiger charge is 2.20. The predicted molar refractivity (Wildman–Crippen MR) is 153 cm³/mol. The Kier molecular flexibility index (Phi) is 7.65. The number of aromatic amines is 1. The first-order valence-corrected chi connectivity index (χ1v) is 13.1. The fraction of sp³-hybridized carbons (Fsp3) is 0.219. The number of nitrogens with one attached hydrogen (secondary N) is 2. The van der Waals surface area contributed by atoms with Gasteiger partial charge in [-0.2, -0.15) is 0 Å². The van der Waals surface area contributed by atoms with E-state index < -0.39 is 6.10 Å². The van der Waals surface area contributed by atoms with Gasteiger partial charge in [0.1, 0.15) is 30.0 Å². The molecule has 39 heavy (non-hydrogen) atoms. The molecule has 0 saturated heterocycles. The van der Waals surface area contributed by atoms with Gasteiger partial charge in [0.15, 0.2) is 0 Å². The van der Waals surface area contributed by atoms with Crippen LogP contribution in [0.5, 0.6) is 17.2 Å². The number of fused-ring (bicyclic) bond motifs is 3. The van der Waals surface area contributed by atoms with Crippen LogP contribution in [0, 0.1) is 0 Å². The van der Waals surface area contributed by atoms with Crippen LogP contribution in [0.4, 0.5) is 0 Å². The lowest BCUT2D eigenvalue weighted by Gasteiger charge is -2.28. The van der Waals surface area contributed by atoms with E-state index in [0.717, 1.165) is 45.3 Å². The van der Waals surface area contributed by atoms with Crippen LogP contribution in [0.3, 0.4) is 0 Å². The smallest absolute Gasteiger partial charge is 0.340 e. The second kappa shape index (κ2) is 11.3. The molecule has 1 atom stereocenters. The highest BCUT2D eigenvalue weighted by molar-refractivity contribution is 6.10. The number of H-pyrrole nitrogens is 1. The first kappa shape index (κ1) is 26.4. The number of carbonyl (C=O) groups excluding carboxylic acids is 1. The molecule has 7 heteroatoms. The van der Waals surface area contributed by atoms with Gasteiger partial charge < -0.3 is 24.9 Å². The Bertz CT molecular complexity index is 1570. The van der Waals surface area contributed by atoms with Gasteiger partial charge in [0, 0.05) is 28.4 Å². The number of β-amino-alcohol motifs (C(OH)–C–C–N with tert-alkyl or cyclic N) is 1. The third-order valence-electron chi connectivity index (χ3n) is 6.72. The lowest BCUT2D eigenvalue weighted by atomic mass is 9.94. The summed E-state index contributed by atoms with van der Waals surface area (Å²) in [6.45, 7) is 4.83. The Balaban J connectivity index is 1.13. The summed E-state index contributed by atoms with van der Waals surface area (Å²) in [4.78, 5) is 14.8. The summed E-state index contributed by atoms with van der Waals surface area (Å²) < 4.78 is 12.0. The molecule has 4 aromatic carbocycles. The number of amides is 1. The van der Waals surface area contributed by atoms with E-state index in [0.29, 0.717) is 17.9 Å². The van der Waals surface area contributed by atoms with Gasteiger partial charge in [-0.05, 0) is 80.4 Å². The molecule has 200 valence electrons. The number of carbonyl (C=O) groups is 1. The fourth-order valence-electron chi connectivity index (χ4n) is 4.72. The standard InChI is InChI=1S/C32H33N3O4/c1-32(2,18-21-10-14-24(15-11-21)39-25-16-12-22(13-17-25)31(33)37)34-19-23(36)20-38-29-9-5-8-28-30(29)26-6-3-4-7-27(26)35-28/h3-17,23,34-36H,18-20H2,1-2H3,(H2,33,37)/p+1. The largest absolute Gasteiger partial charge is 0.490 e. The summed E-state index contributed by atoms with van der Waals surface area (Å²) in [5, 5.41) is 16.3. The maximum absolute atomic E-state index is 11.3. The topological polar surface area (TPSA) is 111 Å². The number of aliphatic hydroxyl groups excluding tert-OH is 1. The van der Waals surface area contributed by atoms with Crippen molar-refractivity contribution in [3.63, 3.8) is 0 Å². The SMILES string of the molecule is CC(C)(Cc1ccc(Oc2ccc(C([NH3+])=O)cc2)cc1)NCC(O)COc1cccc2[nH]c3ccccc3c12. The van der Waals surface area contributed by atoms with Crippen molar-refractivity contribution in [3.8, 4) is 17.2 Å². The number of hydrogen-bond acceptors (Lipinski definition) is 5. The van der Waals surface area contributed by atoms with Crippen LogP contribution in [0.15, 0.2) is 91.0 Å². The van der Waals surface area contributed by atoms with Crippen molar-refractivity contribution in [2.75, 3.05) is 13.2 Å². The lowest BCUT2D eigenvalue weighted by molar-refractivity contribution is -0.255. The molecule has 0 spiro atoms. The molecule has 1 amide bonds. The van der Waals surface area contributed by atoms with Gasteiger partial charge in [0.05, 0.1) is 11.1 Å². The van der Waals surface area contributed by atoms with E-state index in [9.17, 15) is 9.90 Å². The summed E-state index contributed by atoms with van der Waals surface area (Å²) in [5.41, 5.74) is 6.96. The molecular formula is C32H34N3O4+. The summed E-state index contributed by atoms with van der Waals surface area (Å²) in [7, 11) is 0. The second-order valence-corrected chi connectivity index (χ2v) is 10.4. The van der Waals surface area contributed by atoms with E-state index in [2.05, 4.69) is 35.9 Å². The average Bonchev–Trinajstić information content (AvgIpc) is 3.31. The van der Waals surface area contributed by atoms with Gasteiger partial charge in [0.2, 0.25) is 0 Å². The normalized spacial score (nSPS) is 12.5. The van der Waals surface area contributed by atoms with E-state index >= 15 is 0 Å². The van der Waals surface area contributed by atoms with Crippen LogP contribution in [0.2, 0.25) is 0 Å². The van der Waals surface area contributed by atoms with E-state index in [1.54, 1.807) is 24.3 Å². The van der Waals surface area contributed by atoms with Crippen molar-refractivity contribution >= 4 is 27.7 Å². The number of para-hydroxylation sites is 1. The van der Waals surface area contributed by atoms with Crippen LogP contribution in [0.1, 0.15) is 29.8 Å². The predicted octanol–water partition coefficient (Wildman–Crippen LogP) is 4.85. The molecule has 0 aliphatic rings. The number of benzene rings is 4. The monoisotopic (exact) mass is 524 g/mol. The Hall–Kier alpha value is -4.17. The molecule has 0 bridgehead atoms. The van der Waals surface area contributed by atoms with Gasteiger partial charge in [-0.15, -0.1) is 0 Å². The summed E-state index contributed by atoms with van der Waals surface area (Å²) in [6.07, 6.45) is 0.112. The summed E-state index contributed by atoms with van der Waals surface area (Å²) in [5.74, 6) is 1.92. The third-order valence-corrected chi connectivity index (χ3v) is 6.72. The Labute approximate surface area is 227 Å². The number of aliphatic hydroxyl groups is 1. The van der Waals surface area contributed by atoms with Crippen LogP contribution in [-0.4, -0.2) is 40.8 Å². The maximum atomic E-state index is 11.3. The summed E-state index contributed by atoms with van der Waals surface area (Å²) in [6, 6.07) is 28.9. The van der Waals surface area contributed by atoms with E-state index in [1.165, 1.54) is 0 Å². The van der Waals surface area contributed by atoms with Gasteiger partial charge in [-0.25, -0.2) is 4.79 Å². The van der Waals surface area contributed by atoms with Gasteiger partial charge >= 0.3 is 5.91 Å². The molecule has 6 N–H and O–H groups in total. The number of quaternary nitrogens is 1. The van der Waals surface area contributed by atoms with Crippen molar-refractivity contribution in [1.82, 2.24) is 10.3 Å². The van der Waals surface area contributed by atoms with E-state index in [4.69, 9.17) is 9.47 Å². The molecule has 1 aromatic heterocycles. The quantitative estimate of drug-likeness (QED) is 0.198. The zero-order valence-electron chi connectivity index (χ0n) is 22.2. The minimum Gasteiger partial charge on any atom is -0.490 e. The fourth-order valence-corrected chi connectivity index (χ4v) is 4.72. The zero-order valence-corrected chi connectivity index (χ0v) is 22.2. The number of ether oxygens (including phenoxy) is 2.